The Bertz CT molecular complexity index is 1410. The highest BCUT2D eigenvalue weighted by Crippen LogP contribution is 2.55. The standard InChI is InChI=1S/C36H46N4O4/c1-23-11-8-15-27(21-23)37-33(41)30-29-17-18-36(44-29)31(30)35(43)40(20-10-19-39(4)22-26-13-6-5-7-14-26)32(36)34(42)38-28-16-9-12-24(2)25(28)3/h5-8,11,13-15,17-18,21,24-25,28-32H,9-10,12,16,19-20,22H2,1-4H3,(H,37,41)(H,38,42)/t24-,25+,28-,29-,30+,31-,32-,36-/m1/s1. The van der Waals surface area contributed by atoms with Crippen LogP contribution in [-0.2, 0) is 25.7 Å². The van der Waals surface area contributed by atoms with Crippen molar-refractivity contribution in [2.75, 3.05) is 25.5 Å². The predicted octanol–water partition coefficient (Wildman–Crippen LogP) is 4.55. The van der Waals surface area contributed by atoms with Crippen molar-refractivity contribution >= 4 is 23.4 Å². The number of anilines is 1. The molecule has 2 aromatic carbocycles. The molecule has 8 atom stereocenters. The molecule has 2 N–H and O–H groups in total. The van der Waals surface area contributed by atoms with Crippen LogP contribution in [0.3, 0.4) is 0 Å². The first-order valence-electron chi connectivity index (χ1n) is 16.3. The number of amides is 3. The van der Waals surface area contributed by atoms with Crippen LogP contribution in [0.15, 0.2) is 66.7 Å². The van der Waals surface area contributed by atoms with E-state index in [9.17, 15) is 14.4 Å². The molecule has 1 saturated carbocycles. The van der Waals surface area contributed by atoms with E-state index in [2.05, 4.69) is 48.6 Å². The van der Waals surface area contributed by atoms with Crippen LogP contribution in [-0.4, -0.2) is 71.4 Å². The minimum Gasteiger partial charge on any atom is -0.359 e. The summed E-state index contributed by atoms with van der Waals surface area (Å²) < 4.78 is 6.55. The molecular weight excluding hydrogens is 552 g/mol. The molecule has 2 aromatic rings. The zero-order chi connectivity index (χ0) is 31.0. The molecule has 1 spiro atoms. The van der Waals surface area contributed by atoms with Crippen molar-refractivity contribution in [1.82, 2.24) is 15.1 Å². The number of nitrogens with one attached hydrogen (secondary N) is 2. The molecule has 234 valence electrons. The smallest absolute Gasteiger partial charge is 0.246 e. The van der Waals surface area contributed by atoms with Gasteiger partial charge in [0.2, 0.25) is 17.7 Å². The lowest BCUT2D eigenvalue weighted by atomic mass is 9.73. The summed E-state index contributed by atoms with van der Waals surface area (Å²) in [6.07, 6.45) is 7.10. The van der Waals surface area contributed by atoms with Crippen molar-refractivity contribution in [2.24, 2.45) is 23.7 Å². The highest BCUT2D eigenvalue weighted by atomic mass is 16.5. The van der Waals surface area contributed by atoms with Gasteiger partial charge in [0.05, 0.1) is 17.9 Å². The zero-order valence-corrected chi connectivity index (χ0v) is 26.4. The first-order valence-corrected chi connectivity index (χ1v) is 16.3. The zero-order valence-electron chi connectivity index (χ0n) is 26.4. The highest BCUT2D eigenvalue weighted by Gasteiger charge is 2.72. The van der Waals surface area contributed by atoms with Gasteiger partial charge < -0.3 is 25.2 Å². The fourth-order valence-electron chi connectivity index (χ4n) is 7.99. The maximum Gasteiger partial charge on any atom is 0.246 e. The Morgan fingerprint density at radius 1 is 1.07 bits per heavy atom. The van der Waals surface area contributed by atoms with Gasteiger partial charge in [0.1, 0.15) is 11.6 Å². The second-order valence-corrected chi connectivity index (χ2v) is 13.6. The first kappa shape index (κ1) is 30.5. The topological polar surface area (TPSA) is 91.0 Å². The Morgan fingerprint density at radius 3 is 2.64 bits per heavy atom. The molecule has 0 unspecified atom stereocenters. The lowest BCUT2D eigenvalue weighted by molar-refractivity contribution is -0.141. The molecule has 6 rings (SSSR count). The van der Waals surface area contributed by atoms with Crippen molar-refractivity contribution in [3.05, 3.63) is 77.9 Å². The van der Waals surface area contributed by atoms with Gasteiger partial charge in [-0.3, -0.25) is 14.4 Å². The maximum absolute atomic E-state index is 14.3. The van der Waals surface area contributed by atoms with Crippen LogP contribution in [0.2, 0.25) is 0 Å². The lowest BCUT2D eigenvalue weighted by Gasteiger charge is -2.38. The van der Waals surface area contributed by atoms with Gasteiger partial charge in [-0.1, -0.05) is 81.3 Å². The van der Waals surface area contributed by atoms with Crippen molar-refractivity contribution in [3.8, 4) is 0 Å². The summed E-state index contributed by atoms with van der Waals surface area (Å²) in [7, 11) is 2.07. The van der Waals surface area contributed by atoms with Crippen LogP contribution in [0, 0.1) is 30.6 Å². The number of likely N-dealkylation sites (tertiary alicyclic amines) is 1. The van der Waals surface area contributed by atoms with Crippen LogP contribution < -0.4 is 10.6 Å². The normalized spacial score (nSPS) is 32.2. The average Bonchev–Trinajstić information content (AvgIpc) is 3.63. The maximum atomic E-state index is 14.3. The molecule has 4 aliphatic rings. The Balaban J connectivity index is 1.23. The summed E-state index contributed by atoms with van der Waals surface area (Å²) >= 11 is 0. The van der Waals surface area contributed by atoms with E-state index in [1.807, 2.05) is 61.5 Å². The quantitative estimate of drug-likeness (QED) is 0.392. The summed E-state index contributed by atoms with van der Waals surface area (Å²) in [5, 5.41) is 6.37. The Hall–Kier alpha value is -3.49. The van der Waals surface area contributed by atoms with Gasteiger partial charge in [0.15, 0.2) is 0 Å². The van der Waals surface area contributed by atoms with E-state index in [0.717, 1.165) is 37.9 Å². The van der Waals surface area contributed by atoms with Gasteiger partial charge in [0.25, 0.3) is 0 Å². The minimum absolute atomic E-state index is 0.0543. The molecule has 3 aliphatic heterocycles. The summed E-state index contributed by atoms with van der Waals surface area (Å²) in [5.41, 5.74) is 1.80. The molecule has 44 heavy (non-hydrogen) atoms. The van der Waals surface area contributed by atoms with Crippen LogP contribution in [0.4, 0.5) is 5.69 Å². The summed E-state index contributed by atoms with van der Waals surface area (Å²) in [4.78, 5) is 46.3. The van der Waals surface area contributed by atoms with E-state index in [-0.39, 0.29) is 23.8 Å². The fourth-order valence-corrected chi connectivity index (χ4v) is 7.99. The molecule has 1 aliphatic carbocycles. The average molecular weight is 599 g/mol. The second kappa shape index (κ2) is 12.5. The van der Waals surface area contributed by atoms with E-state index in [1.54, 1.807) is 4.90 Å². The van der Waals surface area contributed by atoms with Gasteiger partial charge in [-0.2, -0.15) is 0 Å². The van der Waals surface area contributed by atoms with E-state index >= 15 is 0 Å². The van der Waals surface area contributed by atoms with Crippen LogP contribution in [0.25, 0.3) is 0 Å². The number of carbonyl (C=O) groups excluding carboxylic acids is 3. The lowest BCUT2D eigenvalue weighted by Crippen LogP contribution is -2.58. The van der Waals surface area contributed by atoms with Gasteiger partial charge in [-0.25, -0.2) is 0 Å². The van der Waals surface area contributed by atoms with Crippen molar-refractivity contribution in [1.29, 1.82) is 0 Å². The van der Waals surface area contributed by atoms with E-state index in [0.29, 0.717) is 30.5 Å². The number of carbonyl (C=O) groups is 3. The third kappa shape index (κ3) is 5.70. The third-order valence-corrected chi connectivity index (χ3v) is 10.5. The van der Waals surface area contributed by atoms with Crippen LogP contribution in [0.1, 0.15) is 50.7 Å². The number of fused-ring (bicyclic) bond motifs is 1. The molecule has 8 nitrogen and oxygen atoms in total. The number of benzene rings is 2. The van der Waals surface area contributed by atoms with Crippen molar-refractivity contribution in [3.63, 3.8) is 0 Å². The van der Waals surface area contributed by atoms with Crippen LogP contribution in [0.5, 0.6) is 0 Å². The molecule has 3 amide bonds. The van der Waals surface area contributed by atoms with Crippen molar-refractivity contribution < 1.29 is 19.1 Å². The molecule has 2 saturated heterocycles. The van der Waals surface area contributed by atoms with Gasteiger partial charge in [-0.15, -0.1) is 0 Å². The second-order valence-electron chi connectivity index (χ2n) is 13.6. The monoisotopic (exact) mass is 598 g/mol. The number of aryl methyl sites for hydroxylation is 1. The molecule has 2 bridgehead atoms. The molecular formula is C36H46N4O4. The fraction of sp³-hybridized carbons (Fsp3) is 0.528. The summed E-state index contributed by atoms with van der Waals surface area (Å²) in [5.74, 6) is -1.17. The number of hydrogen-bond acceptors (Lipinski definition) is 5. The molecule has 0 aromatic heterocycles. The summed E-state index contributed by atoms with van der Waals surface area (Å²) in [6.45, 7) is 8.41. The number of ether oxygens (including phenoxy) is 1. The number of hydrogen-bond donors (Lipinski definition) is 2. The summed E-state index contributed by atoms with van der Waals surface area (Å²) in [6, 6.07) is 17.2. The van der Waals surface area contributed by atoms with E-state index < -0.39 is 29.6 Å². The van der Waals surface area contributed by atoms with Gasteiger partial charge in [-0.05, 0) is 68.5 Å². The molecule has 8 heteroatoms. The largest absolute Gasteiger partial charge is 0.359 e. The van der Waals surface area contributed by atoms with E-state index in [4.69, 9.17) is 4.74 Å². The minimum atomic E-state index is -1.15. The highest BCUT2D eigenvalue weighted by molar-refractivity contribution is 6.02. The van der Waals surface area contributed by atoms with Gasteiger partial charge in [0, 0.05) is 24.8 Å². The third-order valence-electron chi connectivity index (χ3n) is 10.5. The molecule has 3 fully saturated rings. The van der Waals surface area contributed by atoms with Gasteiger partial charge >= 0.3 is 0 Å². The predicted molar refractivity (Wildman–Crippen MR) is 171 cm³/mol. The van der Waals surface area contributed by atoms with E-state index in [1.165, 1.54) is 5.56 Å². The number of nitrogens with zero attached hydrogens (tertiary/aromatic N) is 2. The molecule has 0 radical (unpaired) electrons. The Labute approximate surface area is 261 Å². The molecule has 3 heterocycles. The SMILES string of the molecule is Cc1cccc(NC(=O)[C@H]2[C@H]3C=C[C@@]4(O3)[C@H]2C(=O)N(CCCN(C)Cc2ccccc2)[C@@H]4C(=O)N[C@@H]2CCC[C@@H](C)[C@@H]2C)c1. The Morgan fingerprint density at radius 2 is 1.86 bits per heavy atom. The first-order chi connectivity index (χ1) is 21.2. The van der Waals surface area contributed by atoms with Crippen LogP contribution >= 0.6 is 0 Å². The number of rotatable bonds is 10. The Kier molecular flexibility index (Phi) is 8.66. The van der Waals surface area contributed by atoms with Crippen molar-refractivity contribution in [2.45, 2.75) is 76.8 Å².